The molecule has 4 N–H and O–H groups in total. The molecule has 9 heteroatoms. The van der Waals surface area contributed by atoms with Crippen molar-refractivity contribution in [1.29, 1.82) is 0 Å². The Morgan fingerprint density at radius 1 is 1.30 bits per heavy atom. The van der Waals surface area contributed by atoms with Crippen LogP contribution in [0.4, 0.5) is 5.69 Å². The fraction of sp³-hybridized carbons (Fsp3) is 0.273. The molecule has 0 saturated heterocycles. The van der Waals surface area contributed by atoms with E-state index in [0.29, 0.717) is 25.2 Å². The van der Waals surface area contributed by atoms with Gasteiger partial charge in [0.2, 0.25) is 10.0 Å². The van der Waals surface area contributed by atoms with Crippen molar-refractivity contribution < 1.29 is 8.42 Å². The van der Waals surface area contributed by atoms with Crippen molar-refractivity contribution in [3.05, 3.63) is 36.7 Å². The summed E-state index contributed by atoms with van der Waals surface area (Å²) in [7, 11) is -3.58. The summed E-state index contributed by atoms with van der Waals surface area (Å²) >= 11 is 0. The van der Waals surface area contributed by atoms with Gasteiger partial charge in [-0.2, -0.15) is 0 Å². The number of benzene rings is 1. The van der Waals surface area contributed by atoms with Gasteiger partial charge in [0.15, 0.2) is 0 Å². The van der Waals surface area contributed by atoms with Crippen molar-refractivity contribution in [2.75, 3.05) is 12.0 Å². The van der Waals surface area contributed by atoms with Crippen LogP contribution in [0, 0.1) is 0 Å². The number of hydrazine groups is 1. The molecule has 2 rings (SSSR count). The Morgan fingerprint density at radius 3 is 2.80 bits per heavy atom. The minimum Gasteiger partial charge on any atom is -0.323 e. The predicted molar refractivity (Wildman–Crippen MR) is 74.1 cm³/mol. The molecular weight excluding hydrogens is 280 g/mol. The largest absolute Gasteiger partial charge is 0.323 e. The molecule has 1 aromatic carbocycles. The lowest BCUT2D eigenvalue weighted by atomic mass is 10.3. The zero-order chi connectivity index (χ0) is 14.4. The van der Waals surface area contributed by atoms with E-state index in [1.807, 2.05) is 0 Å². The summed E-state index contributed by atoms with van der Waals surface area (Å²) in [6.45, 7) is 0.903. The lowest BCUT2D eigenvalue weighted by Gasteiger charge is -2.10. The van der Waals surface area contributed by atoms with E-state index in [-0.39, 0.29) is 4.90 Å². The average molecular weight is 296 g/mol. The van der Waals surface area contributed by atoms with Crippen LogP contribution in [0.3, 0.4) is 0 Å². The third-order valence-electron chi connectivity index (χ3n) is 2.66. The number of nitrogen functional groups attached to an aromatic ring is 1. The Hall–Kier alpha value is -1.97. The highest BCUT2D eigenvalue weighted by Crippen LogP contribution is 2.19. The number of hydrogen-bond acceptors (Lipinski definition) is 6. The smallest absolute Gasteiger partial charge is 0.242 e. The van der Waals surface area contributed by atoms with Gasteiger partial charge in [-0.25, -0.2) is 13.1 Å². The fourth-order valence-corrected chi connectivity index (χ4v) is 2.94. The molecule has 0 saturated carbocycles. The molecular formula is C11H16N6O2S. The number of sulfonamides is 1. The third-order valence-corrected chi connectivity index (χ3v) is 4.18. The molecule has 0 unspecified atom stereocenters. The van der Waals surface area contributed by atoms with Gasteiger partial charge in [-0.05, 0) is 18.6 Å². The lowest BCUT2D eigenvalue weighted by Crippen LogP contribution is -2.27. The quantitative estimate of drug-likeness (QED) is 0.374. The van der Waals surface area contributed by atoms with Crippen molar-refractivity contribution in [3.8, 4) is 0 Å². The zero-order valence-corrected chi connectivity index (χ0v) is 11.5. The van der Waals surface area contributed by atoms with Crippen LogP contribution in [0.25, 0.3) is 0 Å². The van der Waals surface area contributed by atoms with Gasteiger partial charge in [-0.1, -0.05) is 17.3 Å². The Kier molecular flexibility index (Phi) is 4.66. The van der Waals surface area contributed by atoms with Gasteiger partial charge in [-0.3, -0.25) is 10.5 Å². The number of hydrogen-bond donors (Lipinski definition) is 3. The zero-order valence-electron chi connectivity index (χ0n) is 10.7. The molecule has 108 valence electrons. The second kappa shape index (κ2) is 6.46. The Balaban J connectivity index is 1.94. The number of nitrogens with two attached hydrogens (primary N) is 1. The summed E-state index contributed by atoms with van der Waals surface area (Å²) in [5.41, 5.74) is 2.73. The lowest BCUT2D eigenvalue weighted by molar-refractivity contribution is 0.542. The molecule has 0 atom stereocenters. The first-order chi connectivity index (χ1) is 9.63. The van der Waals surface area contributed by atoms with Crippen LogP contribution >= 0.6 is 0 Å². The molecule has 0 aliphatic heterocycles. The van der Waals surface area contributed by atoms with E-state index in [1.54, 1.807) is 35.3 Å². The molecule has 0 spiro atoms. The summed E-state index contributed by atoms with van der Waals surface area (Å²) in [4.78, 5) is 0.128. The van der Waals surface area contributed by atoms with Crippen LogP contribution in [0.5, 0.6) is 0 Å². The molecule has 0 fully saturated rings. The van der Waals surface area contributed by atoms with Crippen molar-refractivity contribution >= 4 is 15.7 Å². The number of anilines is 1. The Bertz CT molecular complexity index is 641. The monoisotopic (exact) mass is 296 g/mol. The van der Waals surface area contributed by atoms with Gasteiger partial charge in [0.25, 0.3) is 0 Å². The van der Waals surface area contributed by atoms with Gasteiger partial charge in [0.1, 0.15) is 4.90 Å². The van der Waals surface area contributed by atoms with E-state index < -0.39 is 10.0 Å². The maximum absolute atomic E-state index is 12.1. The number of aromatic nitrogens is 3. The third kappa shape index (κ3) is 3.53. The van der Waals surface area contributed by atoms with E-state index in [2.05, 4.69) is 20.5 Å². The highest BCUT2D eigenvalue weighted by molar-refractivity contribution is 7.89. The van der Waals surface area contributed by atoms with Crippen molar-refractivity contribution in [2.45, 2.75) is 17.9 Å². The van der Waals surface area contributed by atoms with E-state index in [0.717, 1.165) is 0 Å². The molecule has 20 heavy (non-hydrogen) atoms. The van der Waals surface area contributed by atoms with Crippen LogP contribution in [-0.4, -0.2) is 30.0 Å². The SMILES string of the molecule is NNc1ccccc1S(=O)(=O)NCCCn1ccnn1. The number of rotatable bonds is 7. The number of aryl methyl sites for hydroxylation is 1. The van der Waals surface area contributed by atoms with Crippen LogP contribution in [0.15, 0.2) is 41.6 Å². The summed E-state index contributed by atoms with van der Waals surface area (Å²) in [6, 6.07) is 6.45. The van der Waals surface area contributed by atoms with E-state index in [1.165, 1.54) is 6.07 Å². The molecule has 0 radical (unpaired) electrons. The van der Waals surface area contributed by atoms with E-state index in [9.17, 15) is 8.42 Å². The minimum atomic E-state index is -3.58. The standard InChI is InChI=1S/C11H16N6O2S/c12-15-10-4-1-2-5-11(10)20(18,19)14-6-3-8-17-9-7-13-16-17/h1-2,4-5,7,9,14-15H,3,6,8,12H2. The minimum absolute atomic E-state index is 0.128. The molecule has 8 nitrogen and oxygen atoms in total. The molecule has 1 aromatic heterocycles. The first-order valence-corrected chi connectivity index (χ1v) is 7.51. The fourth-order valence-electron chi connectivity index (χ4n) is 1.70. The molecule has 0 bridgehead atoms. The van der Waals surface area contributed by atoms with Crippen LogP contribution in [-0.2, 0) is 16.6 Å². The molecule has 1 heterocycles. The Labute approximate surface area is 117 Å². The number of nitrogens with zero attached hydrogens (tertiary/aromatic N) is 3. The number of para-hydroxylation sites is 1. The van der Waals surface area contributed by atoms with Gasteiger partial charge >= 0.3 is 0 Å². The summed E-state index contributed by atoms with van der Waals surface area (Å²) in [5, 5.41) is 7.47. The molecule has 0 aliphatic rings. The van der Waals surface area contributed by atoms with Gasteiger partial charge in [0, 0.05) is 19.3 Å². The Morgan fingerprint density at radius 2 is 2.10 bits per heavy atom. The van der Waals surface area contributed by atoms with E-state index >= 15 is 0 Å². The first-order valence-electron chi connectivity index (χ1n) is 6.03. The maximum Gasteiger partial charge on any atom is 0.242 e. The van der Waals surface area contributed by atoms with Crippen molar-refractivity contribution in [1.82, 2.24) is 19.7 Å². The second-order valence-electron chi connectivity index (χ2n) is 4.06. The van der Waals surface area contributed by atoms with E-state index in [4.69, 9.17) is 5.84 Å². The molecule has 2 aromatic rings. The predicted octanol–water partition coefficient (Wildman–Crippen LogP) is -0.0677. The van der Waals surface area contributed by atoms with Gasteiger partial charge < -0.3 is 5.43 Å². The highest BCUT2D eigenvalue weighted by Gasteiger charge is 2.16. The van der Waals surface area contributed by atoms with Crippen molar-refractivity contribution in [2.24, 2.45) is 5.84 Å². The summed E-state index contributed by atoms with van der Waals surface area (Å²) in [6.07, 6.45) is 3.91. The molecule has 0 amide bonds. The topological polar surface area (TPSA) is 115 Å². The summed E-state index contributed by atoms with van der Waals surface area (Å²) < 4.78 is 28.4. The average Bonchev–Trinajstić information content (AvgIpc) is 2.97. The summed E-state index contributed by atoms with van der Waals surface area (Å²) in [5.74, 6) is 5.31. The van der Waals surface area contributed by atoms with Gasteiger partial charge in [0.05, 0.1) is 11.9 Å². The second-order valence-corrected chi connectivity index (χ2v) is 5.79. The highest BCUT2D eigenvalue weighted by atomic mass is 32.2. The first kappa shape index (κ1) is 14.4. The number of nitrogens with one attached hydrogen (secondary N) is 2. The van der Waals surface area contributed by atoms with Crippen molar-refractivity contribution in [3.63, 3.8) is 0 Å². The van der Waals surface area contributed by atoms with Crippen LogP contribution in [0.2, 0.25) is 0 Å². The maximum atomic E-state index is 12.1. The molecule has 0 aliphatic carbocycles. The van der Waals surface area contributed by atoms with Crippen LogP contribution < -0.4 is 16.0 Å². The normalized spacial score (nSPS) is 11.4. The van der Waals surface area contributed by atoms with Gasteiger partial charge in [-0.15, -0.1) is 5.10 Å². The van der Waals surface area contributed by atoms with Crippen LogP contribution in [0.1, 0.15) is 6.42 Å².